The van der Waals surface area contributed by atoms with Crippen LogP contribution in [-0.4, -0.2) is 38.6 Å². The molecule has 1 aromatic heterocycles. The molecule has 8 nitrogen and oxygen atoms in total. The van der Waals surface area contributed by atoms with Gasteiger partial charge in [0.2, 0.25) is 5.95 Å². The van der Waals surface area contributed by atoms with Gasteiger partial charge in [-0.05, 0) is 69.7 Å². The summed E-state index contributed by atoms with van der Waals surface area (Å²) in [6.45, 7) is 9.63. The van der Waals surface area contributed by atoms with Crippen LogP contribution in [0, 0.1) is 13.8 Å². The normalized spacial score (nSPS) is 11.2. The maximum atomic E-state index is 12.9. The van der Waals surface area contributed by atoms with Gasteiger partial charge in [0.05, 0.1) is 7.11 Å². The Morgan fingerprint density at radius 3 is 2.22 bits per heavy atom. The molecule has 0 spiro atoms. The minimum atomic E-state index is -3.80. The van der Waals surface area contributed by atoms with Crippen LogP contribution >= 0.6 is 0 Å². The summed E-state index contributed by atoms with van der Waals surface area (Å²) >= 11 is 0. The molecule has 2 aromatic carbocycles. The molecule has 170 valence electrons. The molecule has 0 bridgehead atoms. The van der Waals surface area contributed by atoms with Gasteiger partial charge in [0.1, 0.15) is 16.5 Å². The average Bonchev–Trinajstić information content (AvgIpc) is 2.75. The van der Waals surface area contributed by atoms with Crippen LogP contribution in [0.15, 0.2) is 53.4 Å². The number of nitrogens with one attached hydrogen (secondary N) is 2. The lowest BCUT2D eigenvalue weighted by Crippen LogP contribution is -2.23. The van der Waals surface area contributed by atoms with Crippen molar-refractivity contribution in [1.29, 1.82) is 0 Å². The van der Waals surface area contributed by atoms with Crippen LogP contribution in [0.3, 0.4) is 0 Å². The van der Waals surface area contributed by atoms with E-state index < -0.39 is 10.0 Å². The Kier molecular flexibility index (Phi) is 7.19. The Morgan fingerprint density at radius 1 is 0.938 bits per heavy atom. The molecule has 0 aliphatic heterocycles. The predicted octanol–water partition coefficient (Wildman–Crippen LogP) is 4.49. The van der Waals surface area contributed by atoms with Crippen LogP contribution in [0.1, 0.15) is 25.1 Å². The highest BCUT2D eigenvalue weighted by molar-refractivity contribution is 7.92. The summed E-state index contributed by atoms with van der Waals surface area (Å²) in [6.07, 6.45) is 0. The second kappa shape index (κ2) is 9.86. The third kappa shape index (κ3) is 5.47. The predicted molar refractivity (Wildman–Crippen MR) is 129 cm³/mol. The molecule has 0 amide bonds. The number of benzene rings is 2. The van der Waals surface area contributed by atoms with Crippen LogP contribution in [0.25, 0.3) is 0 Å². The third-order valence-electron chi connectivity index (χ3n) is 4.93. The first-order valence-electron chi connectivity index (χ1n) is 10.4. The fourth-order valence-electron chi connectivity index (χ4n) is 3.27. The Balaban J connectivity index is 1.78. The number of aryl methyl sites for hydroxylation is 2. The summed E-state index contributed by atoms with van der Waals surface area (Å²) in [6, 6.07) is 13.9. The lowest BCUT2D eigenvalue weighted by Gasteiger charge is -2.20. The van der Waals surface area contributed by atoms with E-state index in [1.165, 1.54) is 7.11 Å². The molecule has 0 saturated carbocycles. The van der Waals surface area contributed by atoms with Gasteiger partial charge in [-0.1, -0.05) is 6.07 Å². The molecule has 3 rings (SSSR count). The van der Waals surface area contributed by atoms with Crippen LogP contribution < -0.4 is 19.7 Å². The van der Waals surface area contributed by atoms with E-state index in [0.29, 0.717) is 17.4 Å². The van der Waals surface area contributed by atoms with E-state index in [4.69, 9.17) is 4.74 Å². The molecule has 0 saturated heterocycles. The number of anilines is 4. The zero-order chi connectivity index (χ0) is 23.3. The molecule has 0 unspecified atom stereocenters. The molecule has 0 fully saturated rings. The van der Waals surface area contributed by atoms with Gasteiger partial charge in [-0.3, -0.25) is 4.72 Å². The summed E-state index contributed by atoms with van der Waals surface area (Å²) in [5.74, 6) is 1.65. The highest BCUT2D eigenvalue weighted by atomic mass is 32.2. The smallest absolute Gasteiger partial charge is 0.265 e. The SMILES string of the molecule is CCN(CC)c1cc(C)nc(Nc2ccc(NS(=O)(=O)c3cc(C)ccc3OC)cc2)n1. The Hall–Kier alpha value is -3.33. The molecular formula is C23H29N5O3S. The van der Waals surface area contributed by atoms with E-state index in [9.17, 15) is 8.42 Å². The maximum Gasteiger partial charge on any atom is 0.265 e. The van der Waals surface area contributed by atoms with Crippen molar-refractivity contribution in [3.05, 3.63) is 59.8 Å². The van der Waals surface area contributed by atoms with Crippen LogP contribution in [-0.2, 0) is 10.0 Å². The Bertz CT molecular complexity index is 1180. The molecule has 9 heteroatoms. The summed E-state index contributed by atoms with van der Waals surface area (Å²) in [5.41, 5.74) is 2.87. The molecule has 0 radical (unpaired) electrons. The summed E-state index contributed by atoms with van der Waals surface area (Å²) in [4.78, 5) is 11.3. The topological polar surface area (TPSA) is 96.5 Å². The van der Waals surface area contributed by atoms with Crippen molar-refractivity contribution in [1.82, 2.24) is 9.97 Å². The van der Waals surface area contributed by atoms with Crippen molar-refractivity contribution in [3.63, 3.8) is 0 Å². The van der Waals surface area contributed by atoms with Gasteiger partial charge in [0.25, 0.3) is 10.0 Å². The standard InChI is InChI=1S/C23H29N5O3S/c1-6-28(7-2)22-15-17(4)24-23(26-22)25-18-9-11-19(12-10-18)27-32(29,30)21-14-16(3)8-13-20(21)31-5/h8-15,27H,6-7H2,1-5H3,(H,24,25,26). The fraction of sp³-hybridized carbons (Fsp3) is 0.304. The number of methoxy groups -OCH3 is 1. The zero-order valence-electron chi connectivity index (χ0n) is 19.0. The Morgan fingerprint density at radius 2 is 1.59 bits per heavy atom. The first-order chi connectivity index (χ1) is 15.2. The number of sulfonamides is 1. The highest BCUT2D eigenvalue weighted by Crippen LogP contribution is 2.27. The van der Waals surface area contributed by atoms with E-state index >= 15 is 0 Å². The van der Waals surface area contributed by atoms with Crippen molar-refractivity contribution in [3.8, 4) is 5.75 Å². The fourth-order valence-corrected chi connectivity index (χ4v) is 4.59. The molecular weight excluding hydrogens is 426 g/mol. The number of hydrogen-bond acceptors (Lipinski definition) is 7. The number of hydrogen-bond donors (Lipinski definition) is 2. The van der Waals surface area contributed by atoms with Gasteiger partial charge in [0, 0.05) is 36.2 Å². The van der Waals surface area contributed by atoms with Gasteiger partial charge in [-0.2, -0.15) is 4.98 Å². The molecule has 1 heterocycles. The van der Waals surface area contributed by atoms with Crippen molar-refractivity contribution in [2.75, 3.05) is 35.1 Å². The lowest BCUT2D eigenvalue weighted by molar-refractivity contribution is 0.402. The second-order valence-electron chi connectivity index (χ2n) is 7.33. The zero-order valence-corrected chi connectivity index (χ0v) is 19.8. The van der Waals surface area contributed by atoms with Crippen LogP contribution in [0.2, 0.25) is 0 Å². The number of nitrogens with zero attached hydrogens (tertiary/aromatic N) is 3. The average molecular weight is 456 g/mol. The maximum absolute atomic E-state index is 12.9. The van der Waals surface area contributed by atoms with Gasteiger partial charge in [0.15, 0.2) is 0 Å². The van der Waals surface area contributed by atoms with Crippen molar-refractivity contribution in [2.45, 2.75) is 32.6 Å². The quantitative estimate of drug-likeness (QED) is 0.491. The van der Waals surface area contributed by atoms with E-state index in [0.717, 1.165) is 35.9 Å². The van der Waals surface area contributed by atoms with Crippen LogP contribution in [0.5, 0.6) is 5.75 Å². The summed E-state index contributed by atoms with van der Waals surface area (Å²) in [7, 11) is -2.35. The third-order valence-corrected chi connectivity index (χ3v) is 6.33. The van der Waals surface area contributed by atoms with Gasteiger partial charge >= 0.3 is 0 Å². The largest absolute Gasteiger partial charge is 0.495 e. The van der Waals surface area contributed by atoms with E-state index in [1.54, 1.807) is 42.5 Å². The van der Waals surface area contributed by atoms with Gasteiger partial charge in [-0.15, -0.1) is 0 Å². The minimum Gasteiger partial charge on any atom is -0.495 e. The molecule has 0 aliphatic carbocycles. The summed E-state index contributed by atoms with van der Waals surface area (Å²) in [5, 5.41) is 3.19. The lowest BCUT2D eigenvalue weighted by atomic mass is 10.2. The van der Waals surface area contributed by atoms with E-state index in [2.05, 4.69) is 38.8 Å². The van der Waals surface area contributed by atoms with Gasteiger partial charge in [-0.25, -0.2) is 13.4 Å². The first-order valence-corrected chi connectivity index (χ1v) is 11.9. The minimum absolute atomic E-state index is 0.0966. The molecule has 32 heavy (non-hydrogen) atoms. The van der Waals surface area contributed by atoms with E-state index in [1.807, 2.05) is 19.9 Å². The monoisotopic (exact) mass is 455 g/mol. The molecule has 2 N–H and O–H groups in total. The van der Waals surface area contributed by atoms with E-state index in [-0.39, 0.29) is 4.90 Å². The number of rotatable bonds is 9. The van der Waals surface area contributed by atoms with Crippen LogP contribution in [0.4, 0.5) is 23.1 Å². The number of aromatic nitrogens is 2. The van der Waals surface area contributed by atoms with Crippen molar-refractivity contribution >= 4 is 33.2 Å². The Labute approximate surface area is 189 Å². The van der Waals surface area contributed by atoms with Crippen molar-refractivity contribution in [2.24, 2.45) is 0 Å². The highest BCUT2D eigenvalue weighted by Gasteiger charge is 2.20. The molecule has 0 atom stereocenters. The summed E-state index contributed by atoms with van der Waals surface area (Å²) < 4.78 is 33.6. The first kappa shape index (κ1) is 23.3. The number of ether oxygens (including phenoxy) is 1. The molecule has 0 aliphatic rings. The second-order valence-corrected chi connectivity index (χ2v) is 8.98. The van der Waals surface area contributed by atoms with Crippen molar-refractivity contribution < 1.29 is 13.2 Å². The molecule has 3 aromatic rings. The van der Waals surface area contributed by atoms with Gasteiger partial charge < -0.3 is 15.0 Å².